The Morgan fingerprint density at radius 1 is 1.14 bits per heavy atom. The Labute approximate surface area is 135 Å². The van der Waals surface area contributed by atoms with Crippen molar-refractivity contribution in [1.82, 2.24) is 5.32 Å². The maximum atomic E-state index is 10.1. The molecule has 0 radical (unpaired) electrons. The lowest BCUT2D eigenvalue weighted by atomic mass is 10.1. The molecule has 1 heterocycles. The molecular weight excluding hydrogens is 298 g/mol. The first-order chi connectivity index (χ1) is 10.6. The molecule has 0 unspecified atom stereocenters. The molecule has 2 N–H and O–H groups in total. The monoisotopic (exact) mass is 321 g/mol. The highest BCUT2D eigenvalue weighted by Gasteiger charge is 2.09. The van der Waals surface area contributed by atoms with Crippen molar-refractivity contribution in [2.75, 3.05) is 27.3 Å². The van der Waals surface area contributed by atoms with E-state index in [4.69, 9.17) is 9.47 Å². The molecule has 0 spiro atoms. The van der Waals surface area contributed by atoms with Crippen LogP contribution in [0.1, 0.15) is 21.4 Å². The van der Waals surface area contributed by atoms with Gasteiger partial charge in [-0.25, -0.2) is 0 Å². The van der Waals surface area contributed by atoms with Crippen LogP contribution in [-0.4, -0.2) is 32.4 Å². The maximum absolute atomic E-state index is 10.1. The van der Waals surface area contributed by atoms with E-state index in [0.717, 1.165) is 29.3 Å². The van der Waals surface area contributed by atoms with Crippen molar-refractivity contribution in [2.45, 2.75) is 19.4 Å². The third-order valence-corrected chi connectivity index (χ3v) is 4.57. The first-order valence-electron chi connectivity index (χ1n) is 7.30. The summed E-state index contributed by atoms with van der Waals surface area (Å²) in [6, 6.07) is 9.95. The molecular formula is C17H23NO3S. The third kappa shape index (κ3) is 4.47. The average molecular weight is 321 g/mol. The molecule has 0 saturated heterocycles. The SMILES string of the molecule is COc1ccc(CCNC[C@H](O)c2ccc(C)s2)cc1OC. The van der Waals surface area contributed by atoms with Crippen molar-refractivity contribution in [2.24, 2.45) is 0 Å². The molecule has 120 valence electrons. The van der Waals surface area contributed by atoms with E-state index in [2.05, 4.69) is 5.32 Å². The number of aliphatic hydroxyl groups is 1. The summed E-state index contributed by atoms with van der Waals surface area (Å²) in [5.41, 5.74) is 1.17. The molecule has 0 aliphatic carbocycles. The van der Waals surface area contributed by atoms with Crippen LogP contribution >= 0.6 is 11.3 Å². The third-order valence-electron chi connectivity index (χ3n) is 3.47. The van der Waals surface area contributed by atoms with Crippen LogP contribution in [0.15, 0.2) is 30.3 Å². The fourth-order valence-electron chi connectivity index (χ4n) is 2.24. The molecule has 0 bridgehead atoms. The van der Waals surface area contributed by atoms with Gasteiger partial charge in [0.2, 0.25) is 0 Å². The van der Waals surface area contributed by atoms with E-state index >= 15 is 0 Å². The first kappa shape index (κ1) is 16.8. The predicted octanol–water partition coefficient (Wildman–Crippen LogP) is 2.94. The lowest BCUT2D eigenvalue weighted by Gasteiger charge is -2.12. The van der Waals surface area contributed by atoms with Crippen LogP contribution in [0.2, 0.25) is 0 Å². The van der Waals surface area contributed by atoms with Crippen molar-refractivity contribution in [3.05, 3.63) is 45.6 Å². The van der Waals surface area contributed by atoms with Gasteiger partial charge < -0.3 is 19.9 Å². The smallest absolute Gasteiger partial charge is 0.160 e. The van der Waals surface area contributed by atoms with Crippen molar-refractivity contribution in [3.8, 4) is 11.5 Å². The van der Waals surface area contributed by atoms with Crippen LogP contribution in [0.25, 0.3) is 0 Å². The second kappa shape index (κ2) is 8.17. The van der Waals surface area contributed by atoms with E-state index in [1.807, 2.05) is 37.3 Å². The number of methoxy groups -OCH3 is 2. The van der Waals surface area contributed by atoms with Gasteiger partial charge in [-0.2, -0.15) is 0 Å². The fraction of sp³-hybridized carbons (Fsp3) is 0.412. The van der Waals surface area contributed by atoms with Gasteiger partial charge in [-0.1, -0.05) is 6.07 Å². The number of nitrogens with one attached hydrogen (secondary N) is 1. The van der Waals surface area contributed by atoms with E-state index in [-0.39, 0.29) is 0 Å². The van der Waals surface area contributed by atoms with Gasteiger partial charge in [0.15, 0.2) is 11.5 Å². The molecule has 5 heteroatoms. The lowest BCUT2D eigenvalue weighted by molar-refractivity contribution is 0.179. The van der Waals surface area contributed by atoms with E-state index in [1.165, 1.54) is 10.4 Å². The largest absolute Gasteiger partial charge is 0.493 e. The fourth-order valence-corrected chi connectivity index (χ4v) is 3.10. The number of ether oxygens (including phenoxy) is 2. The van der Waals surface area contributed by atoms with Crippen molar-refractivity contribution in [1.29, 1.82) is 0 Å². The Morgan fingerprint density at radius 2 is 1.91 bits per heavy atom. The topological polar surface area (TPSA) is 50.7 Å². The van der Waals surface area contributed by atoms with Crippen LogP contribution in [0.4, 0.5) is 0 Å². The van der Waals surface area contributed by atoms with Crippen molar-refractivity contribution < 1.29 is 14.6 Å². The predicted molar refractivity (Wildman–Crippen MR) is 90.1 cm³/mol. The number of thiophene rings is 1. The molecule has 0 saturated carbocycles. The van der Waals surface area contributed by atoms with Crippen molar-refractivity contribution >= 4 is 11.3 Å². The van der Waals surface area contributed by atoms with Gasteiger partial charge in [0.1, 0.15) is 6.10 Å². The summed E-state index contributed by atoms with van der Waals surface area (Å²) in [7, 11) is 3.27. The van der Waals surface area contributed by atoms with E-state index in [1.54, 1.807) is 25.6 Å². The summed E-state index contributed by atoms with van der Waals surface area (Å²) >= 11 is 1.64. The molecule has 1 aromatic carbocycles. The molecule has 1 aromatic heterocycles. The number of benzene rings is 1. The zero-order valence-corrected chi connectivity index (χ0v) is 14.1. The minimum absolute atomic E-state index is 0.441. The number of hydrogen-bond donors (Lipinski definition) is 2. The van der Waals surface area contributed by atoms with Gasteiger partial charge in [0, 0.05) is 16.3 Å². The van der Waals surface area contributed by atoms with E-state index in [0.29, 0.717) is 6.54 Å². The van der Waals surface area contributed by atoms with E-state index in [9.17, 15) is 5.11 Å². The van der Waals surface area contributed by atoms with Crippen LogP contribution in [-0.2, 0) is 6.42 Å². The Kier molecular flexibility index (Phi) is 6.24. The van der Waals surface area contributed by atoms with Gasteiger partial charge in [-0.15, -0.1) is 11.3 Å². The van der Waals surface area contributed by atoms with Crippen molar-refractivity contribution in [3.63, 3.8) is 0 Å². The number of aliphatic hydroxyl groups excluding tert-OH is 1. The Morgan fingerprint density at radius 3 is 2.55 bits per heavy atom. The Bertz CT molecular complexity index is 597. The summed E-state index contributed by atoms with van der Waals surface area (Å²) in [6.07, 6.45) is 0.431. The summed E-state index contributed by atoms with van der Waals surface area (Å²) in [5.74, 6) is 1.48. The van der Waals surface area contributed by atoms with Gasteiger partial charge in [0.05, 0.1) is 14.2 Å². The summed E-state index contributed by atoms with van der Waals surface area (Å²) in [4.78, 5) is 2.23. The normalized spacial score (nSPS) is 12.2. The minimum Gasteiger partial charge on any atom is -0.493 e. The molecule has 22 heavy (non-hydrogen) atoms. The molecule has 2 rings (SSSR count). The quantitative estimate of drug-likeness (QED) is 0.734. The van der Waals surface area contributed by atoms with Gasteiger partial charge in [-0.3, -0.25) is 0 Å². The highest BCUT2D eigenvalue weighted by Crippen LogP contribution is 2.27. The van der Waals surface area contributed by atoms with Gasteiger partial charge in [-0.05, 0) is 49.7 Å². The molecule has 4 nitrogen and oxygen atoms in total. The summed E-state index contributed by atoms with van der Waals surface area (Å²) < 4.78 is 10.5. The molecule has 0 amide bonds. The first-order valence-corrected chi connectivity index (χ1v) is 8.11. The van der Waals surface area contributed by atoms with Gasteiger partial charge >= 0.3 is 0 Å². The van der Waals surface area contributed by atoms with E-state index < -0.39 is 6.10 Å². The van der Waals surface area contributed by atoms with Gasteiger partial charge in [0.25, 0.3) is 0 Å². The molecule has 1 atom stereocenters. The maximum Gasteiger partial charge on any atom is 0.160 e. The Balaban J connectivity index is 1.79. The van der Waals surface area contributed by atoms with Crippen LogP contribution in [0, 0.1) is 6.92 Å². The second-order valence-corrected chi connectivity index (χ2v) is 6.43. The molecule has 2 aromatic rings. The zero-order chi connectivity index (χ0) is 15.9. The number of aryl methyl sites for hydroxylation is 1. The minimum atomic E-state index is -0.441. The summed E-state index contributed by atoms with van der Waals surface area (Å²) in [5, 5.41) is 13.4. The zero-order valence-electron chi connectivity index (χ0n) is 13.3. The molecule has 0 fully saturated rings. The second-order valence-electron chi connectivity index (χ2n) is 5.11. The molecule has 0 aliphatic heterocycles. The summed E-state index contributed by atoms with van der Waals surface area (Å²) in [6.45, 7) is 3.41. The van der Waals surface area contributed by atoms with Crippen LogP contribution in [0.3, 0.4) is 0 Å². The standard InChI is InChI=1S/C17H23NO3S/c1-12-4-7-17(22-12)14(19)11-18-9-8-13-5-6-15(20-2)16(10-13)21-3/h4-7,10,14,18-19H,8-9,11H2,1-3H3/t14-/m0/s1. The average Bonchev–Trinajstić information content (AvgIpc) is 2.97. The number of hydrogen-bond acceptors (Lipinski definition) is 5. The van der Waals surface area contributed by atoms with Crippen LogP contribution in [0.5, 0.6) is 11.5 Å². The van der Waals surface area contributed by atoms with Crippen LogP contribution < -0.4 is 14.8 Å². The highest BCUT2D eigenvalue weighted by molar-refractivity contribution is 7.12. The Hall–Kier alpha value is -1.56. The highest BCUT2D eigenvalue weighted by atomic mass is 32.1. The lowest BCUT2D eigenvalue weighted by Crippen LogP contribution is -2.23. The number of rotatable bonds is 8. The molecule has 0 aliphatic rings.